The highest BCUT2D eigenvalue weighted by Crippen LogP contribution is 2.15. The summed E-state index contributed by atoms with van der Waals surface area (Å²) in [5.74, 6) is 0.295. The summed E-state index contributed by atoms with van der Waals surface area (Å²) in [6.45, 7) is 3.92. The lowest BCUT2D eigenvalue weighted by molar-refractivity contribution is 0.0939. The van der Waals surface area contributed by atoms with E-state index in [0.29, 0.717) is 5.82 Å². The molecule has 0 spiro atoms. The third-order valence-electron chi connectivity index (χ3n) is 1.89. The van der Waals surface area contributed by atoms with Crippen LogP contribution in [0.1, 0.15) is 36.1 Å². The fourth-order valence-electron chi connectivity index (χ4n) is 1.07. The fourth-order valence-corrected chi connectivity index (χ4v) is 1.25. The quantitative estimate of drug-likeness (QED) is 0.827. The summed E-state index contributed by atoms with van der Waals surface area (Å²) in [5, 5.41) is 11.3. The third-order valence-corrected chi connectivity index (χ3v) is 2.17. The zero-order valence-corrected chi connectivity index (χ0v) is 9.95. The molecule has 0 radical (unpaired) electrons. The number of hydrogen-bond acceptors (Lipinski definition) is 4. The molecular formula is C10H14ClN3O2. The summed E-state index contributed by atoms with van der Waals surface area (Å²) < 4.78 is 0. The molecule has 88 valence electrons. The average molecular weight is 244 g/mol. The molecule has 0 aliphatic heterocycles. The zero-order valence-electron chi connectivity index (χ0n) is 9.20. The van der Waals surface area contributed by atoms with Crippen molar-refractivity contribution in [2.45, 2.75) is 19.8 Å². The predicted molar refractivity (Wildman–Crippen MR) is 60.6 cm³/mol. The Bertz CT molecular complexity index is 382. The Kier molecular flexibility index (Phi) is 4.64. The van der Waals surface area contributed by atoms with Crippen LogP contribution in [0.5, 0.6) is 0 Å². The van der Waals surface area contributed by atoms with E-state index >= 15 is 0 Å². The third kappa shape index (κ3) is 3.15. The van der Waals surface area contributed by atoms with Gasteiger partial charge < -0.3 is 10.4 Å². The largest absolute Gasteiger partial charge is 0.395 e. The molecule has 2 N–H and O–H groups in total. The van der Waals surface area contributed by atoms with Crippen LogP contribution in [-0.2, 0) is 0 Å². The first kappa shape index (κ1) is 12.9. The SMILES string of the molecule is CC(C)c1ncc(Cl)c(C(=O)NCCO)n1. The van der Waals surface area contributed by atoms with Gasteiger partial charge in [0.2, 0.25) is 0 Å². The number of nitrogens with one attached hydrogen (secondary N) is 1. The Morgan fingerprint density at radius 3 is 2.88 bits per heavy atom. The lowest BCUT2D eigenvalue weighted by atomic mass is 10.2. The number of carbonyl (C=O) groups is 1. The Balaban J connectivity index is 2.93. The second-order valence-electron chi connectivity index (χ2n) is 3.56. The molecule has 0 bridgehead atoms. The number of rotatable bonds is 4. The number of carbonyl (C=O) groups excluding carboxylic acids is 1. The molecule has 1 rings (SSSR count). The highest BCUT2D eigenvalue weighted by atomic mass is 35.5. The lowest BCUT2D eigenvalue weighted by Gasteiger charge is -2.08. The molecule has 0 saturated carbocycles. The number of aliphatic hydroxyl groups is 1. The van der Waals surface area contributed by atoms with E-state index in [9.17, 15) is 4.79 Å². The van der Waals surface area contributed by atoms with E-state index in [0.717, 1.165) is 0 Å². The molecular weight excluding hydrogens is 230 g/mol. The molecule has 0 unspecified atom stereocenters. The first-order chi connectivity index (χ1) is 7.56. The van der Waals surface area contributed by atoms with E-state index in [2.05, 4.69) is 15.3 Å². The van der Waals surface area contributed by atoms with Crippen LogP contribution < -0.4 is 5.32 Å². The van der Waals surface area contributed by atoms with Crippen molar-refractivity contribution >= 4 is 17.5 Å². The Morgan fingerprint density at radius 1 is 1.62 bits per heavy atom. The number of halogens is 1. The summed E-state index contributed by atoms with van der Waals surface area (Å²) in [4.78, 5) is 19.7. The van der Waals surface area contributed by atoms with Gasteiger partial charge in [-0.2, -0.15) is 0 Å². The van der Waals surface area contributed by atoms with Crippen molar-refractivity contribution in [2.24, 2.45) is 0 Å². The van der Waals surface area contributed by atoms with Crippen molar-refractivity contribution in [3.63, 3.8) is 0 Å². The van der Waals surface area contributed by atoms with Gasteiger partial charge in [0.1, 0.15) is 11.5 Å². The Morgan fingerprint density at radius 2 is 2.31 bits per heavy atom. The molecule has 1 aromatic rings. The molecule has 0 aliphatic carbocycles. The van der Waals surface area contributed by atoms with Gasteiger partial charge >= 0.3 is 0 Å². The molecule has 16 heavy (non-hydrogen) atoms. The van der Waals surface area contributed by atoms with Gasteiger partial charge in [-0.25, -0.2) is 9.97 Å². The number of amides is 1. The van der Waals surface area contributed by atoms with Crippen molar-refractivity contribution in [2.75, 3.05) is 13.2 Å². The van der Waals surface area contributed by atoms with Crippen molar-refractivity contribution in [1.29, 1.82) is 0 Å². The van der Waals surface area contributed by atoms with Gasteiger partial charge in [-0.1, -0.05) is 25.4 Å². The van der Waals surface area contributed by atoms with Crippen LogP contribution in [0, 0.1) is 0 Å². The van der Waals surface area contributed by atoms with Gasteiger partial charge in [0, 0.05) is 12.5 Å². The maximum Gasteiger partial charge on any atom is 0.271 e. The number of aliphatic hydroxyl groups excluding tert-OH is 1. The van der Waals surface area contributed by atoms with E-state index in [1.165, 1.54) is 6.20 Å². The monoisotopic (exact) mass is 243 g/mol. The van der Waals surface area contributed by atoms with E-state index in [1.54, 1.807) is 0 Å². The normalized spacial score (nSPS) is 10.6. The summed E-state index contributed by atoms with van der Waals surface area (Å²) >= 11 is 5.83. The van der Waals surface area contributed by atoms with Crippen LogP contribution in [0.2, 0.25) is 5.02 Å². The molecule has 5 nitrogen and oxygen atoms in total. The average Bonchev–Trinajstić information content (AvgIpc) is 2.26. The van der Waals surface area contributed by atoms with E-state index in [-0.39, 0.29) is 29.8 Å². The highest BCUT2D eigenvalue weighted by molar-refractivity contribution is 6.33. The van der Waals surface area contributed by atoms with Crippen molar-refractivity contribution in [1.82, 2.24) is 15.3 Å². The van der Waals surface area contributed by atoms with Gasteiger partial charge in [-0.15, -0.1) is 0 Å². The van der Waals surface area contributed by atoms with Gasteiger partial charge in [-0.05, 0) is 0 Å². The molecule has 1 heterocycles. The van der Waals surface area contributed by atoms with Crippen LogP contribution in [0.15, 0.2) is 6.20 Å². The summed E-state index contributed by atoms with van der Waals surface area (Å²) in [6.07, 6.45) is 1.41. The van der Waals surface area contributed by atoms with Crippen LogP contribution in [-0.4, -0.2) is 34.1 Å². The minimum atomic E-state index is -0.400. The maximum absolute atomic E-state index is 11.6. The minimum Gasteiger partial charge on any atom is -0.395 e. The Hall–Kier alpha value is -1.20. The zero-order chi connectivity index (χ0) is 12.1. The molecule has 6 heteroatoms. The molecule has 1 amide bonds. The van der Waals surface area contributed by atoms with Gasteiger partial charge in [0.15, 0.2) is 0 Å². The molecule has 0 aromatic carbocycles. The van der Waals surface area contributed by atoms with Gasteiger partial charge in [0.25, 0.3) is 5.91 Å². The van der Waals surface area contributed by atoms with Crippen molar-refractivity contribution in [3.05, 3.63) is 22.7 Å². The molecule has 1 aromatic heterocycles. The Labute approximate surface area is 98.9 Å². The molecule has 0 saturated heterocycles. The second-order valence-corrected chi connectivity index (χ2v) is 3.97. The summed E-state index contributed by atoms with van der Waals surface area (Å²) in [5.41, 5.74) is 0.147. The van der Waals surface area contributed by atoms with E-state index in [4.69, 9.17) is 16.7 Å². The fraction of sp³-hybridized carbons (Fsp3) is 0.500. The van der Waals surface area contributed by atoms with Crippen molar-refractivity contribution < 1.29 is 9.90 Å². The van der Waals surface area contributed by atoms with Crippen LogP contribution >= 0.6 is 11.6 Å². The van der Waals surface area contributed by atoms with Gasteiger partial charge in [0.05, 0.1) is 17.8 Å². The maximum atomic E-state index is 11.6. The van der Waals surface area contributed by atoms with Crippen LogP contribution in [0.25, 0.3) is 0 Å². The standard InChI is InChI=1S/C10H14ClN3O2/c1-6(2)9-13-5-7(11)8(14-9)10(16)12-3-4-15/h5-6,15H,3-4H2,1-2H3,(H,12,16). The van der Waals surface area contributed by atoms with E-state index < -0.39 is 5.91 Å². The van der Waals surface area contributed by atoms with E-state index in [1.807, 2.05) is 13.8 Å². The molecule has 0 atom stereocenters. The van der Waals surface area contributed by atoms with Crippen molar-refractivity contribution in [3.8, 4) is 0 Å². The molecule has 0 fully saturated rings. The second kappa shape index (κ2) is 5.77. The minimum absolute atomic E-state index is 0.120. The summed E-state index contributed by atoms with van der Waals surface area (Å²) in [6, 6.07) is 0. The van der Waals surface area contributed by atoms with Crippen LogP contribution in [0.4, 0.5) is 0 Å². The highest BCUT2D eigenvalue weighted by Gasteiger charge is 2.14. The smallest absolute Gasteiger partial charge is 0.271 e. The topological polar surface area (TPSA) is 75.1 Å². The first-order valence-electron chi connectivity index (χ1n) is 4.97. The van der Waals surface area contributed by atoms with Gasteiger partial charge in [-0.3, -0.25) is 4.79 Å². The number of hydrogen-bond donors (Lipinski definition) is 2. The summed E-state index contributed by atoms with van der Waals surface area (Å²) in [7, 11) is 0. The number of nitrogens with zero attached hydrogens (tertiary/aromatic N) is 2. The van der Waals surface area contributed by atoms with Crippen LogP contribution in [0.3, 0.4) is 0 Å². The molecule has 0 aliphatic rings. The predicted octanol–water partition coefficient (Wildman–Crippen LogP) is 0.975. The number of aromatic nitrogens is 2. The lowest BCUT2D eigenvalue weighted by Crippen LogP contribution is -2.28. The first-order valence-corrected chi connectivity index (χ1v) is 5.35.